The number of ether oxygens (including phenoxy) is 1. The maximum Gasteiger partial charge on any atom is 0.318 e. The average molecular weight is 373 g/mol. The number of carbonyl (C=O) groups is 1. The first-order valence-corrected chi connectivity index (χ1v) is 9.32. The lowest BCUT2D eigenvalue weighted by atomic mass is 10.2. The van der Waals surface area contributed by atoms with E-state index in [0.29, 0.717) is 57.0 Å². The van der Waals surface area contributed by atoms with E-state index in [-0.39, 0.29) is 12.1 Å². The zero-order chi connectivity index (χ0) is 19.1. The van der Waals surface area contributed by atoms with Gasteiger partial charge in [-0.2, -0.15) is 0 Å². The Morgan fingerprint density at radius 3 is 2.56 bits per heavy atom. The van der Waals surface area contributed by atoms with E-state index in [0.717, 1.165) is 0 Å². The molecule has 1 atom stereocenters. The zero-order valence-corrected chi connectivity index (χ0v) is 15.9. The van der Waals surface area contributed by atoms with Gasteiger partial charge in [0.05, 0.1) is 12.9 Å². The highest BCUT2D eigenvalue weighted by Gasteiger charge is 2.25. The number of amides is 2. The van der Waals surface area contributed by atoms with Crippen LogP contribution in [0.4, 0.5) is 10.7 Å². The maximum atomic E-state index is 12.7. The SMILES string of the molecule is CC(C)COCC(NC(=O)N1CCN(c2ncccn2)CC1)c1ccco1. The predicted molar refractivity (Wildman–Crippen MR) is 101 cm³/mol. The lowest BCUT2D eigenvalue weighted by Crippen LogP contribution is -2.53. The van der Waals surface area contributed by atoms with Crippen LogP contribution in [-0.4, -0.2) is 60.3 Å². The van der Waals surface area contributed by atoms with Crippen molar-refractivity contribution >= 4 is 12.0 Å². The predicted octanol–water partition coefficient (Wildman–Crippen LogP) is 2.32. The topological polar surface area (TPSA) is 83.7 Å². The van der Waals surface area contributed by atoms with Gasteiger partial charge in [-0.1, -0.05) is 13.8 Å². The minimum absolute atomic E-state index is 0.113. The van der Waals surface area contributed by atoms with Gasteiger partial charge < -0.3 is 24.3 Å². The summed E-state index contributed by atoms with van der Waals surface area (Å²) in [7, 11) is 0. The molecule has 1 aliphatic rings. The molecular formula is C19H27N5O3. The van der Waals surface area contributed by atoms with Crippen LogP contribution in [0.15, 0.2) is 41.3 Å². The molecule has 8 nitrogen and oxygen atoms in total. The number of piperazine rings is 1. The summed E-state index contributed by atoms with van der Waals surface area (Å²) in [6.45, 7) is 7.84. The molecule has 1 saturated heterocycles. The lowest BCUT2D eigenvalue weighted by Gasteiger charge is -2.35. The van der Waals surface area contributed by atoms with Crippen LogP contribution in [-0.2, 0) is 4.74 Å². The highest BCUT2D eigenvalue weighted by atomic mass is 16.5. The van der Waals surface area contributed by atoms with Crippen LogP contribution in [0.3, 0.4) is 0 Å². The lowest BCUT2D eigenvalue weighted by molar-refractivity contribution is 0.0843. The van der Waals surface area contributed by atoms with Gasteiger partial charge in [-0.25, -0.2) is 14.8 Å². The molecule has 0 aromatic carbocycles. The molecule has 0 spiro atoms. The van der Waals surface area contributed by atoms with Crippen molar-refractivity contribution in [3.8, 4) is 0 Å². The van der Waals surface area contributed by atoms with E-state index in [1.54, 1.807) is 29.6 Å². The zero-order valence-electron chi connectivity index (χ0n) is 15.9. The first kappa shape index (κ1) is 19.2. The molecular weight excluding hydrogens is 346 g/mol. The standard InChI is InChI=1S/C19H27N5O3/c1-15(2)13-26-14-16(17-5-3-12-27-17)22-19(25)24-10-8-23(9-11-24)18-20-6-4-7-21-18/h3-7,12,15-16H,8-11,13-14H2,1-2H3,(H,22,25). The van der Waals surface area contributed by atoms with Gasteiger partial charge in [0, 0.05) is 45.2 Å². The number of hydrogen-bond donors (Lipinski definition) is 1. The number of carbonyl (C=O) groups excluding carboxylic acids is 1. The molecule has 3 heterocycles. The van der Waals surface area contributed by atoms with Gasteiger partial charge in [0.15, 0.2) is 0 Å². The number of aromatic nitrogens is 2. The highest BCUT2D eigenvalue weighted by molar-refractivity contribution is 5.75. The number of nitrogens with one attached hydrogen (secondary N) is 1. The molecule has 0 radical (unpaired) electrons. The molecule has 146 valence electrons. The second kappa shape index (κ2) is 9.36. The van der Waals surface area contributed by atoms with Crippen molar-refractivity contribution in [1.29, 1.82) is 0 Å². The smallest absolute Gasteiger partial charge is 0.318 e. The normalized spacial score (nSPS) is 15.8. The molecule has 2 aromatic heterocycles. The third-order valence-electron chi connectivity index (χ3n) is 4.32. The van der Waals surface area contributed by atoms with E-state index in [9.17, 15) is 4.79 Å². The number of furan rings is 1. The summed E-state index contributed by atoms with van der Waals surface area (Å²) in [5, 5.41) is 3.04. The molecule has 3 rings (SSSR count). The summed E-state index contributed by atoms with van der Waals surface area (Å²) in [5.41, 5.74) is 0. The first-order chi connectivity index (χ1) is 13.1. The van der Waals surface area contributed by atoms with Crippen LogP contribution >= 0.6 is 0 Å². The van der Waals surface area contributed by atoms with Crippen molar-refractivity contribution in [3.63, 3.8) is 0 Å². The second-order valence-corrected chi connectivity index (χ2v) is 6.97. The largest absolute Gasteiger partial charge is 0.467 e. The Morgan fingerprint density at radius 1 is 1.19 bits per heavy atom. The highest BCUT2D eigenvalue weighted by Crippen LogP contribution is 2.16. The molecule has 1 N–H and O–H groups in total. The van der Waals surface area contributed by atoms with Gasteiger partial charge >= 0.3 is 6.03 Å². The number of anilines is 1. The van der Waals surface area contributed by atoms with Gasteiger partial charge in [-0.05, 0) is 24.1 Å². The third-order valence-corrected chi connectivity index (χ3v) is 4.32. The van der Waals surface area contributed by atoms with Crippen LogP contribution in [0, 0.1) is 5.92 Å². The molecule has 8 heteroatoms. The van der Waals surface area contributed by atoms with Crippen molar-refractivity contribution in [1.82, 2.24) is 20.2 Å². The number of rotatable bonds is 7. The molecule has 1 aliphatic heterocycles. The van der Waals surface area contributed by atoms with E-state index in [1.165, 1.54) is 0 Å². The van der Waals surface area contributed by atoms with E-state index in [2.05, 4.69) is 34.0 Å². The Balaban J connectivity index is 1.53. The first-order valence-electron chi connectivity index (χ1n) is 9.32. The molecule has 27 heavy (non-hydrogen) atoms. The van der Waals surface area contributed by atoms with Gasteiger partial charge in [0.2, 0.25) is 5.95 Å². The molecule has 1 unspecified atom stereocenters. The Bertz CT molecular complexity index is 685. The van der Waals surface area contributed by atoms with E-state index in [4.69, 9.17) is 9.15 Å². The van der Waals surface area contributed by atoms with Crippen molar-refractivity contribution in [2.24, 2.45) is 5.92 Å². The summed E-state index contributed by atoms with van der Waals surface area (Å²) >= 11 is 0. The van der Waals surface area contributed by atoms with Gasteiger partial charge in [-0.3, -0.25) is 0 Å². The number of hydrogen-bond acceptors (Lipinski definition) is 6. The van der Waals surface area contributed by atoms with E-state index >= 15 is 0 Å². The minimum atomic E-state index is -0.304. The fraction of sp³-hybridized carbons (Fsp3) is 0.526. The fourth-order valence-electron chi connectivity index (χ4n) is 2.91. The van der Waals surface area contributed by atoms with Crippen LogP contribution in [0.1, 0.15) is 25.6 Å². The van der Waals surface area contributed by atoms with Crippen LogP contribution in [0.25, 0.3) is 0 Å². The summed E-state index contributed by atoms with van der Waals surface area (Å²) in [5.74, 6) is 1.84. The number of nitrogens with zero attached hydrogens (tertiary/aromatic N) is 4. The Kier molecular flexibility index (Phi) is 6.64. The third kappa shape index (κ3) is 5.43. The van der Waals surface area contributed by atoms with Gasteiger partial charge in [0.1, 0.15) is 11.8 Å². The quantitative estimate of drug-likeness (QED) is 0.802. The Morgan fingerprint density at radius 2 is 1.93 bits per heavy atom. The summed E-state index contributed by atoms with van der Waals surface area (Å²) in [4.78, 5) is 25.1. The van der Waals surface area contributed by atoms with E-state index in [1.807, 2.05) is 12.1 Å². The molecule has 0 bridgehead atoms. The summed E-state index contributed by atoms with van der Waals surface area (Å²) in [6, 6.07) is 5.05. The Hall–Kier alpha value is -2.61. The molecule has 2 amide bonds. The molecule has 2 aromatic rings. The molecule has 1 fully saturated rings. The molecule has 0 saturated carbocycles. The Labute approximate surface area is 159 Å². The molecule has 0 aliphatic carbocycles. The van der Waals surface area contributed by atoms with Crippen molar-refractivity contribution in [2.75, 3.05) is 44.3 Å². The second-order valence-electron chi connectivity index (χ2n) is 6.97. The van der Waals surface area contributed by atoms with Crippen LogP contribution in [0.5, 0.6) is 0 Å². The summed E-state index contributed by atoms with van der Waals surface area (Å²) < 4.78 is 11.2. The van der Waals surface area contributed by atoms with Crippen LogP contribution < -0.4 is 10.2 Å². The van der Waals surface area contributed by atoms with E-state index < -0.39 is 0 Å². The van der Waals surface area contributed by atoms with Crippen LogP contribution in [0.2, 0.25) is 0 Å². The van der Waals surface area contributed by atoms with Gasteiger partial charge in [0.25, 0.3) is 0 Å². The maximum absolute atomic E-state index is 12.7. The van der Waals surface area contributed by atoms with Crippen molar-refractivity contribution in [3.05, 3.63) is 42.6 Å². The average Bonchev–Trinajstić information content (AvgIpc) is 3.22. The monoisotopic (exact) mass is 373 g/mol. The summed E-state index contributed by atoms with van der Waals surface area (Å²) in [6.07, 6.45) is 5.06. The van der Waals surface area contributed by atoms with Crippen molar-refractivity contribution < 1.29 is 13.9 Å². The minimum Gasteiger partial charge on any atom is -0.467 e. The fourth-order valence-corrected chi connectivity index (χ4v) is 2.91. The van der Waals surface area contributed by atoms with Crippen molar-refractivity contribution in [2.45, 2.75) is 19.9 Å². The van der Waals surface area contributed by atoms with Gasteiger partial charge in [-0.15, -0.1) is 0 Å². The number of urea groups is 1.